The zero-order chi connectivity index (χ0) is 17.3. The van der Waals surface area contributed by atoms with E-state index in [1.165, 1.54) is 30.6 Å². The highest BCUT2D eigenvalue weighted by molar-refractivity contribution is 7.89. The largest absolute Gasteiger partial charge is 0.288 e. The maximum Gasteiger partial charge on any atom is 0.266 e. The maximum atomic E-state index is 12.2. The summed E-state index contributed by atoms with van der Waals surface area (Å²) in [5.41, 5.74) is 2.33. The minimum Gasteiger partial charge on any atom is -0.288 e. The van der Waals surface area contributed by atoms with E-state index >= 15 is 0 Å². The quantitative estimate of drug-likeness (QED) is 0.509. The average Bonchev–Trinajstić information content (AvgIpc) is 2.87. The van der Waals surface area contributed by atoms with E-state index in [1.807, 2.05) is 4.83 Å². The number of benzene rings is 1. The first-order chi connectivity index (χ1) is 11.4. The van der Waals surface area contributed by atoms with Crippen molar-refractivity contribution in [2.75, 3.05) is 0 Å². The Hall–Kier alpha value is -3.11. The van der Waals surface area contributed by atoms with Gasteiger partial charge in [0.1, 0.15) is 0 Å². The summed E-state index contributed by atoms with van der Waals surface area (Å²) < 4.78 is 24.4. The van der Waals surface area contributed by atoms with Gasteiger partial charge in [0.05, 0.1) is 16.0 Å². The number of carbonyl (C=O) groups excluding carboxylic acids is 3. The molecule has 9 nitrogen and oxygen atoms in total. The fourth-order valence-electron chi connectivity index (χ4n) is 2.06. The number of hydrazine groups is 1. The minimum absolute atomic E-state index is 0.0386. The lowest BCUT2D eigenvalue weighted by Crippen LogP contribution is -2.41. The third-order valence-corrected chi connectivity index (χ3v) is 4.50. The summed E-state index contributed by atoms with van der Waals surface area (Å²) >= 11 is 0. The summed E-state index contributed by atoms with van der Waals surface area (Å²) in [6.45, 7) is 0. The molecule has 1 aliphatic heterocycles. The Labute approximate surface area is 136 Å². The molecular weight excluding hydrogens is 336 g/mol. The third-order valence-electron chi connectivity index (χ3n) is 3.26. The monoisotopic (exact) mass is 346 g/mol. The number of imide groups is 1. The summed E-state index contributed by atoms with van der Waals surface area (Å²) in [5.74, 6) is -1.93. The van der Waals surface area contributed by atoms with E-state index in [0.29, 0.717) is 0 Å². The molecule has 3 amide bonds. The summed E-state index contributed by atoms with van der Waals surface area (Å²) in [4.78, 5) is 40.3. The van der Waals surface area contributed by atoms with Gasteiger partial charge in [-0.3, -0.25) is 30.1 Å². The molecule has 10 heteroatoms. The van der Waals surface area contributed by atoms with Crippen molar-refractivity contribution >= 4 is 27.7 Å². The Morgan fingerprint density at radius 3 is 2.38 bits per heavy atom. The van der Waals surface area contributed by atoms with Gasteiger partial charge in [-0.15, -0.1) is 4.83 Å². The Balaban J connectivity index is 1.79. The molecule has 3 rings (SSSR count). The van der Waals surface area contributed by atoms with Crippen LogP contribution in [0.5, 0.6) is 0 Å². The Kier molecular flexibility index (Phi) is 3.83. The SMILES string of the molecule is O=C(NNS(=O)(=O)c1ccc2c(c1)C(=O)NC2=O)c1ccncc1. The second kappa shape index (κ2) is 5.83. The van der Waals surface area contributed by atoms with Crippen LogP contribution < -0.4 is 15.6 Å². The summed E-state index contributed by atoms with van der Waals surface area (Å²) in [5, 5.41) is 2.06. The van der Waals surface area contributed by atoms with E-state index in [4.69, 9.17) is 0 Å². The number of amides is 3. The average molecular weight is 346 g/mol. The first-order valence-corrected chi connectivity index (χ1v) is 8.09. The van der Waals surface area contributed by atoms with Crippen LogP contribution in [-0.4, -0.2) is 31.1 Å². The first kappa shape index (κ1) is 15.8. The van der Waals surface area contributed by atoms with Crippen LogP contribution in [0.3, 0.4) is 0 Å². The Morgan fingerprint density at radius 1 is 1.00 bits per heavy atom. The maximum absolute atomic E-state index is 12.2. The fourth-order valence-corrected chi connectivity index (χ4v) is 2.93. The van der Waals surface area contributed by atoms with Crippen LogP contribution in [0.15, 0.2) is 47.6 Å². The number of aromatic nitrogens is 1. The van der Waals surface area contributed by atoms with Crippen molar-refractivity contribution in [3.63, 3.8) is 0 Å². The standard InChI is InChI=1S/C14H10N4O5S/c19-12(8-3-5-15-6-4-8)17-18-24(22,23)9-1-2-10-11(7-9)14(21)16-13(10)20/h1-7,18H,(H,17,19)(H,16,20,21). The zero-order valence-corrected chi connectivity index (χ0v) is 12.8. The summed E-state index contributed by atoms with van der Waals surface area (Å²) in [6, 6.07) is 6.28. The number of carbonyl (C=O) groups is 3. The van der Waals surface area contributed by atoms with E-state index in [1.54, 1.807) is 0 Å². The summed E-state index contributed by atoms with van der Waals surface area (Å²) in [7, 11) is -4.11. The van der Waals surface area contributed by atoms with Gasteiger partial charge >= 0.3 is 0 Å². The molecule has 0 saturated heterocycles. The van der Waals surface area contributed by atoms with Gasteiger partial charge in [0, 0.05) is 18.0 Å². The molecule has 122 valence electrons. The second-order valence-electron chi connectivity index (χ2n) is 4.79. The second-order valence-corrected chi connectivity index (χ2v) is 6.47. The van der Waals surface area contributed by atoms with Crippen LogP contribution in [0, 0.1) is 0 Å². The van der Waals surface area contributed by atoms with Crippen molar-refractivity contribution in [1.29, 1.82) is 0 Å². The molecular formula is C14H10N4O5S. The minimum atomic E-state index is -4.11. The molecule has 24 heavy (non-hydrogen) atoms. The number of rotatable bonds is 4. The van der Waals surface area contributed by atoms with Crippen molar-refractivity contribution in [3.8, 4) is 0 Å². The highest BCUT2D eigenvalue weighted by Crippen LogP contribution is 2.19. The van der Waals surface area contributed by atoms with Crippen LogP contribution in [0.1, 0.15) is 31.1 Å². The smallest absolute Gasteiger partial charge is 0.266 e. The Bertz CT molecular complexity index is 956. The van der Waals surface area contributed by atoms with Gasteiger partial charge in [-0.05, 0) is 30.3 Å². The number of nitrogens with one attached hydrogen (secondary N) is 3. The van der Waals surface area contributed by atoms with Crippen LogP contribution >= 0.6 is 0 Å². The van der Waals surface area contributed by atoms with Gasteiger partial charge in [0.2, 0.25) is 0 Å². The predicted octanol–water partition coefficient (Wildman–Crippen LogP) is -0.412. The highest BCUT2D eigenvalue weighted by atomic mass is 32.2. The molecule has 1 aliphatic rings. The molecule has 0 radical (unpaired) electrons. The molecule has 0 aliphatic carbocycles. The number of nitrogens with zero attached hydrogens (tertiary/aromatic N) is 1. The van der Waals surface area contributed by atoms with Gasteiger partial charge in [-0.1, -0.05) is 0 Å². The van der Waals surface area contributed by atoms with Crippen molar-refractivity contribution in [2.24, 2.45) is 0 Å². The molecule has 0 unspecified atom stereocenters. The number of sulfonamides is 1. The van der Waals surface area contributed by atoms with Crippen molar-refractivity contribution in [3.05, 3.63) is 59.4 Å². The predicted molar refractivity (Wildman–Crippen MR) is 80.3 cm³/mol. The molecule has 2 heterocycles. The van der Waals surface area contributed by atoms with Gasteiger partial charge in [0.15, 0.2) is 0 Å². The molecule has 0 fully saturated rings. The van der Waals surface area contributed by atoms with Crippen LogP contribution in [0.4, 0.5) is 0 Å². The zero-order valence-electron chi connectivity index (χ0n) is 11.9. The number of pyridine rings is 1. The lowest BCUT2D eigenvalue weighted by atomic mass is 10.1. The molecule has 1 aromatic heterocycles. The van der Waals surface area contributed by atoms with Gasteiger partial charge in [0.25, 0.3) is 27.7 Å². The normalized spacial score (nSPS) is 13.3. The molecule has 1 aromatic carbocycles. The molecule has 2 aromatic rings. The van der Waals surface area contributed by atoms with Crippen LogP contribution in [0.25, 0.3) is 0 Å². The lowest BCUT2D eigenvalue weighted by molar-refractivity contribution is 0.0877. The topological polar surface area (TPSA) is 134 Å². The molecule has 0 atom stereocenters. The van der Waals surface area contributed by atoms with Crippen molar-refractivity contribution in [2.45, 2.75) is 4.90 Å². The molecule has 0 saturated carbocycles. The van der Waals surface area contributed by atoms with Crippen LogP contribution in [-0.2, 0) is 10.0 Å². The Morgan fingerprint density at radius 2 is 1.67 bits per heavy atom. The van der Waals surface area contributed by atoms with E-state index in [-0.39, 0.29) is 21.6 Å². The van der Waals surface area contributed by atoms with Crippen molar-refractivity contribution in [1.82, 2.24) is 20.6 Å². The van der Waals surface area contributed by atoms with E-state index in [9.17, 15) is 22.8 Å². The molecule has 0 spiro atoms. The van der Waals surface area contributed by atoms with E-state index in [0.717, 1.165) is 12.1 Å². The van der Waals surface area contributed by atoms with Crippen LogP contribution in [0.2, 0.25) is 0 Å². The van der Waals surface area contributed by atoms with E-state index < -0.39 is 27.7 Å². The molecule has 3 N–H and O–H groups in total. The number of hydrogen-bond acceptors (Lipinski definition) is 6. The summed E-state index contributed by atoms with van der Waals surface area (Å²) in [6.07, 6.45) is 2.78. The van der Waals surface area contributed by atoms with Gasteiger partial charge in [-0.2, -0.15) is 0 Å². The number of hydrogen-bond donors (Lipinski definition) is 3. The highest BCUT2D eigenvalue weighted by Gasteiger charge is 2.28. The van der Waals surface area contributed by atoms with Crippen molar-refractivity contribution < 1.29 is 22.8 Å². The van der Waals surface area contributed by atoms with Gasteiger partial charge < -0.3 is 0 Å². The van der Waals surface area contributed by atoms with E-state index in [2.05, 4.69) is 15.7 Å². The molecule has 0 bridgehead atoms. The first-order valence-electron chi connectivity index (χ1n) is 6.60. The van der Waals surface area contributed by atoms with Gasteiger partial charge in [-0.25, -0.2) is 8.42 Å². The number of fused-ring (bicyclic) bond motifs is 1. The fraction of sp³-hybridized carbons (Fsp3) is 0. The lowest BCUT2D eigenvalue weighted by Gasteiger charge is -2.09. The third kappa shape index (κ3) is 2.87.